The summed E-state index contributed by atoms with van der Waals surface area (Å²) in [5.74, 6) is -0.635. The lowest BCUT2D eigenvalue weighted by atomic mass is 9.77. The Morgan fingerprint density at radius 2 is 1.43 bits per heavy atom. The van der Waals surface area contributed by atoms with E-state index < -0.39 is 23.4 Å². The Kier molecular flexibility index (Phi) is 5.26. The van der Waals surface area contributed by atoms with E-state index in [2.05, 4.69) is 0 Å². The number of esters is 1. The zero-order valence-corrected chi connectivity index (χ0v) is 21.5. The number of carbonyl (C=O) groups excluding carboxylic acids is 3. The molecule has 0 bridgehead atoms. The molecule has 0 fully saturated rings. The fourth-order valence-corrected chi connectivity index (χ4v) is 6.28. The molecule has 196 valence electrons. The third kappa shape index (κ3) is 3.51. The van der Waals surface area contributed by atoms with Gasteiger partial charge in [-0.2, -0.15) is 0 Å². The smallest absolute Gasteiger partial charge is 0.340 e. The highest BCUT2D eigenvalue weighted by Crippen LogP contribution is 2.57. The molecule has 0 atom stereocenters. The standard InChI is InChI=1S/C31H19NO7S/c33-19-7-10-23-25(13-19)38-26-14-20(34)8-11-24(26)31(23)22-9-6-18(12-21(22)30(37)39-31)32-28(35)15-27(29(32)36)40-16-17-4-2-1-3-5-17/h1-15,33-34H,16H2. The van der Waals surface area contributed by atoms with Gasteiger partial charge in [-0.05, 0) is 42.0 Å². The number of rotatable bonds is 4. The molecule has 4 aromatic carbocycles. The van der Waals surface area contributed by atoms with Crippen LogP contribution in [0.2, 0.25) is 0 Å². The van der Waals surface area contributed by atoms with Crippen LogP contribution in [0.15, 0.2) is 95.9 Å². The van der Waals surface area contributed by atoms with Crippen molar-refractivity contribution in [2.45, 2.75) is 11.4 Å². The van der Waals surface area contributed by atoms with Crippen LogP contribution in [0.25, 0.3) is 0 Å². The van der Waals surface area contributed by atoms with E-state index in [-0.39, 0.29) is 34.2 Å². The molecule has 1 spiro atoms. The van der Waals surface area contributed by atoms with Crippen LogP contribution in [-0.2, 0) is 25.7 Å². The van der Waals surface area contributed by atoms with Crippen molar-refractivity contribution in [1.29, 1.82) is 0 Å². The van der Waals surface area contributed by atoms with Crippen molar-refractivity contribution in [3.63, 3.8) is 0 Å². The van der Waals surface area contributed by atoms with Gasteiger partial charge in [0.15, 0.2) is 5.60 Å². The van der Waals surface area contributed by atoms with Gasteiger partial charge in [-0.15, -0.1) is 11.8 Å². The van der Waals surface area contributed by atoms with Gasteiger partial charge in [0.1, 0.15) is 23.0 Å². The topological polar surface area (TPSA) is 113 Å². The summed E-state index contributed by atoms with van der Waals surface area (Å²) in [6.07, 6.45) is 1.31. The van der Waals surface area contributed by atoms with E-state index in [0.29, 0.717) is 27.3 Å². The molecule has 2 amide bonds. The van der Waals surface area contributed by atoms with Gasteiger partial charge in [0.25, 0.3) is 11.8 Å². The van der Waals surface area contributed by atoms with Crippen LogP contribution >= 0.6 is 11.8 Å². The summed E-state index contributed by atoms with van der Waals surface area (Å²) in [6, 6.07) is 23.4. The summed E-state index contributed by atoms with van der Waals surface area (Å²) in [5, 5.41) is 20.2. The van der Waals surface area contributed by atoms with Gasteiger partial charge in [-0.3, -0.25) is 9.59 Å². The number of thioether (sulfide) groups is 1. The molecule has 0 unspecified atom stereocenters. The predicted molar refractivity (Wildman–Crippen MR) is 146 cm³/mol. The Balaban J connectivity index is 1.28. The van der Waals surface area contributed by atoms with Crippen LogP contribution in [0.1, 0.15) is 32.6 Å². The van der Waals surface area contributed by atoms with Crippen molar-refractivity contribution >= 4 is 35.2 Å². The van der Waals surface area contributed by atoms with Gasteiger partial charge in [0, 0.05) is 40.7 Å². The van der Waals surface area contributed by atoms with Crippen molar-refractivity contribution in [3.8, 4) is 23.0 Å². The zero-order valence-electron chi connectivity index (χ0n) is 20.7. The molecular formula is C31H19NO7S. The summed E-state index contributed by atoms with van der Waals surface area (Å²) in [6.45, 7) is 0. The highest BCUT2D eigenvalue weighted by atomic mass is 32.2. The second kappa shape index (κ2) is 8.75. The molecule has 0 saturated heterocycles. The summed E-state index contributed by atoms with van der Waals surface area (Å²) in [7, 11) is 0. The number of phenols is 2. The fraction of sp³-hybridized carbons (Fsp3) is 0.0645. The lowest BCUT2D eigenvalue weighted by Crippen LogP contribution is -2.33. The fourth-order valence-electron chi connectivity index (χ4n) is 5.36. The van der Waals surface area contributed by atoms with Crippen LogP contribution in [0.5, 0.6) is 23.0 Å². The quantitative estimate of drug-likeness (QED) is 0.259. The zero-order chi connectivity index (χ0) is 27.6. The first-order valence-electron chi connectivity index (χ1n) is 12.3. The van der Waals surface area contributed by atoms with Crippen molar-refractivity contribution in [1.82, 2.24) is 0 Å². The summed E-state index contributed by atoms with van der Waals surface area (Å²) < 4.78 is 12.0. The molecule has 7 rings (SSSR count). The number of ether oxygens (including phenoxy) is 2. The number of carbonyl (C=O) groups is 3. The van der Waals surface area contributed by atoms with E-state index in [0.717, 1.165) is 10.5 Å². The SMILES string of the molecule is O=C1OC2(c3ccc(O)cc3Oc3cc(O)ccc32)c2ccc(N3C(=O)C=C(SCc4ccccc4)C3=O)cc21. The molecule has 0 saturated carbocycles. The molecule has 2 N–H and O–H groups in total. The van der Waals surface area contributed by atoms with Gasteiger partial charge < -0.3 is 19.7 Å². The lowest BCUT2D eigenvalue weighted by molar-refractivity contribution is -0.120. The van der Waals surface area contributed by atoms with E-state index in [1.165, 1.54) is 48.2 Å². The Bertz CT molecular complexity index is 1750. The number of phenolic OH excluding ortho intramolecular Hbond substituents is 2. The number of amides is 2. The minimum absolute atomic E-state index is 0.0445. The van der Waals surface area contributed by atoms with Crippen LogP contribution in [-0.4, -0.2) is 28.0 Å². The minimum atomic E-state index is -1.43. The van der Waals surface area contributed by atoms with Crippen molar-refractivity contribution in [2.24, 2.45) is 0 Å². The monoisotopic (exact) mass is 549 g/mol. The Hall–Kier alpha value is -5.02. The van der Waals surface area contributed by atoms with E-state index in [9.17, 15) is 24.6 Å². The maximum absolute atomic E-state index is 13.4. The van der Waals surface area contributed by atoms with E-state index >= 15 is 0 Å². The highest BCUT2D eigenvalue weighted by molar-refractivity contribution is 8.03. The largest absolute Gasteiger partial charge is 0.508 e. The normalized spacial score (nSPS) is 16.2. The average Bonchev–Trinajstić information content (AvgIpc) is 3.39. The Morgan fingerprint density at radius 3 is 2.10 bits per heavy atom. The molecule has 3 aliphatic heterocycles. The predicted octanol–water partition coefficient (Wildman–Crippen LogP) is 5.36. The number of hydrogen-bond donors (Lipinski definition) is 2. The first kappa shape index (κ1) is 24.1. The number of aromatic hydroxyl groups is 2. The summed E-state index contributed by atoms with van der Waals surface area (Å²) in [5.41, 5.74) is 1.48. The molecule has 9 heteroatoms. The van der Waals surface area contributed by atoms with Gasteiger partial charge in [-0.1, -0.05) is 36.4 Å². The number of nitrogens with zero attached hydrogens (tertiary/aromatic N) is 1. The van der Waals surface area contributed by atoms with Gasteiger partial charge in [0.05, 0.1) is 16.2 Å². The third-order valence-corrected chi connectivity index (χ3v) is 8.22. The van der Waals surface area contributed by atoms with E-state index in [1.54, 1.807) is 24.3 Å². The maximum atomic E-state index is 13.4. The second-order valence-electron chi connectivity index (χ2n) is 9.53. The average molecular weight is 550 g/mol. The van der Waals surface area contributed by atoms with Crippen molar-refractivity contribution < 1.29 is 34.1 Å². The third-order valence-electron chi connectivity index (χ3n) is 7.14. The molecule has 3 heterocycles. The van der Waals surface area contributed by atoms with Gasteiger partial charge in [-0.25, -0.2) is 9.69 Å². The summed E-state index contributed by atoms with van der Waals surface area (Å²) in [4.78, 5) is 40.9. The second-order valence-corrected chi connectivity index (χ2v) is 10.5. The van der Waals surface area contributed by atoms with E-state index in [1.807, 2.05) is 30.3 Å². The summed E-state index contributed by atoms with van der Waals surface area (Å²) >= 11 is 1.28. The van der Waals surface area contributed by atoms with E-state index in [4.69, 9.17) is 9.47 Å². The van der Waals surface area contributed by atoms with Crippen molar-refractivity contribution in [2.75, 3.05) is 4.90 Å². The molecule has 0 aliphatic carbocycles. The first-order valence-corrected chi connectivity index (χ1v) is 13.3. The Morgan fingerprint density at radius 1 is 0.775 bits per heavy atom. The van der Waals surface area contributed by atoms with Crippen molar-refractivity contribution in [3.05, 3.63) is 124 Å². The van der Waals surface area contributed by atoms with Crippen LogP contribution in [0.4, 0.5) is 5.69 Å². The molecule has 40 heavy (non-hydrogen) atoms. The molecule has 4 aromatic rings. The highest BCUT2D eigenvalue weighted by Gasteiger charge is 2.54. The maximum Gasteiger partial charge on any atom is 0.340 e. The molecule has 8 nitrogen and oxygen atoms in total. The number of imide groups is 1. The molecule has 0 radical (unpaired) electrons. The Labute approximate surface area is 232 Å². The van der Waals surface area contributed by atoms with Gasteiger partial charge in [0.2, 0.25) is 0 Å². The van der Waals surface area contributed by atoms with Crippen LogP contribution < -0.4 is 9.64 Å². The number of anilines is 1. The van der Waals surface area contributed by atoms with Crippen LogP contribution in [0.3, 0.4) is 0 Å². The molecular weight excluding hydrogens is 530 g/mol. The number of hydrogen-bond acceptors (Lipinski definition) is 8. The minimum Gasteiger partial charge on any atom is -0.508 e. The lowest BCUT2D eigenvalue weighted by Gasteiger charge is -2.36. The first-order chi connectivity index (χ1) is 19.3. The molecule has 0 aromatic heterocycles. The van der Waals surface area contributed by atoms with Gasteiger partial charge >= 0.3 is 5.97 Å². The number of fused-ring (bicyclic) bond motifs is 6. The number of benzene rings is 4. The molecule has 3 aliphatic rings. The van der Waals surface area contributed by atoms with Crippen LogP contribution in [0, 0.1) is 0 Å².